The minimum atomic E-state index is -3.78. The van der Waals surface area contributed by atoms with Crippen LogP contribution in [0.2, 0.25) is 5.02 Å². The Labute approximate surface area is 222 Å². The van der Waals surface area contributed by atoms with Gasteiger partial charge in [-0.05, 0) is 60.0 Å². The van der Waals surface area contributed by atoms with Crippen LogP contribution in [0.15, 0.2) is 102 Å². The Morgan fingerprint density at radius 1 is 0.838 bits per heavy atom. The molecule has 0 unspecified atom stereocenters. The lowest BCUT2D eigenvalue weighted by molar-refractivity contribution is 0.268. The molecular weight excluding hydrogens is 508 g/mol. The van der Waals surface area contributed by atoms with Gasteiger partial charge in [-0.2, -0.15) is 4.31 Å². The minimum absolute atomic E-state index is 0.216. The summed E-state index contributed by atoms with van der Waals surface area (Å²) >= 11 is 5.99. The molecule has 0 saturated carbocycles. The molecule has 0 amide bonds. The normalized spacial score (nSPS) is 16.4. The van der Waals surface area contributed by atoms with Gasteiger partial charge in [0.15, 0.2) is 11.5 Å². The lowest BCUT2D eigenvalue weighted by atomic mass is 10.1. The van der Waals surface area contributed by atoms with Crippen molar-refractivity contribution in [3.63, 3.8) is 0 Å². The number of hydrogen-bond donors (Lipinski definition) is 1. The van der Waals surface area contributed by atoms with Crippen molar-refractivity contribution in [1.82, 2.24) is 4.31 Å². The van der Waals surface area contributed by atoms with Gasteiger partial charge >= 0.3 is 0 Å². The second kappa shape index (κ2) is 10.8. The number of nitrogens with one attached hydrogen (secondary N) is 1. The molecule has 4 aromatic rings. The van der Waals surface area contributed by atoms with Crippen LogP contribution in [0.5, 0.6) is 11.5 Å². The second-order valence-electron chi connectivity index (χ2n) is 8.63. The number of ether oxygens (including phenoxy) is 2. The third kappa shape index (κ3) is 5.44. The number of sulfonamides is 1. The number of halogens is 1. The van der Waals surface area contributed by atoms with Crippen molar-refractivity contribution in [3.8, 4) is 11.5 Å². The SMILES string of the molecule is CCOc1cc([C@H]2Nc3ccccc3S(=O)(=O)N2Cc2ccccc2)ccc1OCc1ccc(Cl)cc1. The Balaban J connectivity index is 1.50. The summed E-state index contributed by atoms with van der Waals surface area (Å²) in [6.07, 6.45) is -0.635. The molecule has 0 saturated heterocycles. The van der Waals surface area contributed by atoms with Gasteiger partial charge in [0.25, 0.3) is 0 Å². The fourth-order valence-corrected chi connectivity index (χ4v) is 6.11. The smallest absolute Gasteiger partial charge is 0.247 e. The van der Waals surface area contributed by atoms with Crippen LogP contribution in [0.25, 0.3) is 0 Å². The van der Waals surface area contributed by atoms with Gasteiger partial charge in [0.1, 0.15) is 17.7 Å². The molecular formula is C29H27ClN2O4S. The van der Waals surface area contributed by atoms with Crippen LogP contribution in [0.1, 0.15) is 29.8 Å². The van der Waals surface area contributed by atoms with E-state index < -0.39 is 16.2 Å². The molecule has 37 heavy (non-hydrogen) atoms. The molecule has 0 aromatic heterocycles. The van der Waals surface area contributed by atoms with Gasteiger partial charge in [-0.25, -0.2) is 8.42 Å². The predicted octanol–water partition coefficient (Wildman–Crippen LogP) is 6.63. The van der Waals surface area contributed by atoms with Crippen LogP contribution in [0, 0.1) is 0 Å². The van der Waals surface area contributed by atoms with Crippen LogP contribution in [0.4, 0.5) is 5.69 Å². The van der Waals surface area contributed by atoms with E-state index in [2.05, 4.69) is 5.32 Å². The summed E-state index contributed by atoms with van der Waals surface area (Å²) in [5, 5.41) is 4.10. The average molecular weight is 535 g/mol. The summed E-state index contributed by atoms with van der Waals surface area (Å²) in [6, 6.07) is 29.5. The summed E-state index contributed by atoms with van der Waals surface area (Å²) in [5.41, 5.74) is 3.18. The van der Waals surface area contributed by atoms with Crippen molar-refractivity contribution >= 4 is 27.3 Å². The molecule has 0 radical (unpaired) electrons. The summed E-state index contributed by atoms with van der Waals surface area (Å²) in [6.45, 7) is 2.90. The fourth-order valence-electron chi connectivity index (χ4n) is 4.31. The van der Waals surface area contributed by atoms with Crippen LogP contribution in [-0.4, -0.2) is 19.3 Å². The number of hydrogen-bond acceptors (Lipinski definition) is 5. The first-order valence-electron chi connectivity index (χ1n) is 12.0. The summed E-state index contributed by atoms with van der Waals surface area (Å²) in [4.78, 5) is 0.259. The molecule has 1 aliphatic rings. The van der Waals surface area contributed by atoms with Crippen LogP contribution in [0.3, 0.4) is 0 Å². The Morgan fingerprint density at radius 2 is 1.57 bits per heavy atom. The van der Waals surface area contributed by atoms with E-state index in [1.807, 2.05) is 85.8 Å². The zero-order valence-electron chi connectivity index (χ0n) is 20.3. The van der Waals surface area contributed by atoms with E-state index >= 15 is 0 Å². The molecule has 8 heteroatoms. The van der Waals surface area contributed by atoms with Crippen LogP contribution >= 0.6 is 11.6 Å². The van der Waals surface area contributed by atoms with E-state index in [1.54, 1.807) is 18.2 Å². The van der Waals surface area contributed by atoms with E-state index in [0.717, 1.165) is 16.7 Å². The van der Waals surface area contributed by atoms with Crippen molar-refractivity contribution in [2.45, 2.75) is 31.1 Å². The van der Waals surface area contributed by atoms with Gasteiger partial charge in [-0.3, -0.25) is 0 Å². The Morgan fingerprint density at radius 3 is 2.32 bits per heavy atom. The second-order valence-corrected chi connectivity index (χ2v) is 10.9. The predicted molar refractivity (Wildman–Crippen MR) is 145 cm³/mol. The molecule has 4 aromatic carbocycles. The molecule has 6 nitrogen and oxygen atoms in total. The maximum Gasteiger partial charge on any atom is 0.247 e. The van der Waals surface area contributed by atoms with Gasteiger partial charge in [-0.15, -0.1) is 0 Å². The van der Waals surface area contributed by atoms with E-state index in [-0.39, 0.29) is 11.4 Å². The van der Waals surface area contributed by atoms with E-state index in [1.165, 1.54) is 4.31 Å². The molecule has 5 rings (SSSR count). The Hall–Kier alpha value is -3.52. The highest BCUT2D eigenvalue weighted by Gasteiger charge is 2.39. The first-order chi connectivity index (χ1) is 18.0. The van der Waals surface area contributed by atoms with Gasteiger partial charge < -0.3 is 14.8 Å². The zero-order chi connectivity index (χ0) is 25.8. The summed E-state index contributed by atoms with van der Waals surface area (Å²) in [5.74, 6) is 1.13. The van der Waals surface area contributed by atoms with Crippen LogP contribution in [-0.2, 0) is 23.2 Å². The van der Waals surface area contributed by atoms with E-state index in [9.17, 15) is 8.42 Å². The van der Waals surface area contributed by atoms with Gasteiger partial charge in [0.05, 0.1) is 12.3 Å². The van der Waals surface area contributed by atoms with Crippen molar-refractivity contribution < 1.29 is 17.9 Å². The molecule has 190 valence electrons. The highest BCUT2D eigenvalue weighted by Crippen LogP contribution is 2.41. The van der Waals surface area contributed by atoms with Crippen molar-refractivity contribution in [2.24, 2.45) is 0 Å². The molecule has 0 aliphatic carbocycles. The van der Waals surface area contributed by atoms with Crippen molar-refractivity contribution in [2.75, 3.05) is 11.9 Å². The quantitative estimate of drug-likeness (QED) is 0.275. The molecule has 1 atom stereocenters. The van der Waals surface area contributed by atoms with E-state index in [4.69, 9.17) is 21.1 Å². The maximum atomic E-state index is 13.8. The topological polar surface area (TPSA) is 67.9 Å². The molecule has 0 fully saturated rings. The third-order valence-electron chi connectivity index (χ3n) is 6.13. The molecule has 1 heterocycles. The number of rotatable bonds is 8. The highest BCUT2D eigenvalue weighted by molar-refractivity contribution is 7.89. The molecule has 1 aliphatic heterocycles. The van der Waals surface area contributed by atoms with Crippen LogP contribution < -0.4 is 14.8 Å². The Bertz CT molecular complexity index is 1480. The lowest BCUT2D eigenvalue weighted by Gasteiger charge is -2.37. The number of benzene rings is 4. The standard InChI is InChI=1S/C29H27ClN2O4S/c1-2-35-27-18-23(14-17-26(27)36-20-22-12-15-24(30)16-13-22)29-31-25-10-6-7-11-28(25)37(33,34)32(29)19-21-8-4-3-5-9-21/h3-18,29,31H,2,19-20H2,1H3/t29-/m0/s1. The number of nitrogens with zero attached hydrogens (tertiary/aromatic N) is 1. The minimum Gasteiger partial charge on any atom is -0.490 e. The zero-order valence-corrected chi connectivity index (χ0v) is 21.9. The van der Waals surface area contributed by atoms with Crippen molar-refractivity contribution in [1.29, 1.82) is 0 Å². The molecule has 0 spiro atoms. The lowest BCUT2D eigenvalue weighted by Crippen LogP contribution is -2.42. The fraction of sp³-hybridized carbons (Fsp3) is 0.172. The number of fused-ring (bicyclic) bond motifs is 1. The largest absolute Gasteiger partial charge is 0.490 e. The van der Waals surface area contributed by atoms with Gasteiger partial charge in [-0.1, -0.05) is 72.3 Å². The molecule has 1 N–H and O–H groups in total. The average Bonchev–Trinajstić information content (AvgIpc) is 2.91. The summed E-state index contributed by atoms with van der Waals surface area (Å²) < 4.78 is 41.0. The number of anilines is 1. The van der Waals surface area contributed by atoms with Gasteiger partial charge in [0, 0.05) is 11.6 Å². The monoisotopic (exact) mass is 534 g/mol. The number of para-hydroxylation sites is 1. The van der Waals surface area contributed by atoms with E-state index in [0.29, 0.717) is 35.4 Å². The highest BCUT2D eigenvalue weighted by atomic mass is 35.5. The van der Waals surface area contributed by atoms with Gasteiger partial charge in [0.2, 0.25) is 10.0 Å². The first-order valence-corrected chi connectivity index (χ1v) is 13.8. The maximum absolute atomic E-state index is 13.8. The third-order valence-corrected chi connectivity index (χ3v) is 8.25. The first kappa shape index (κ1) is 25.1. The Kier molecular flexibility index (Phi) is 7.37. The molecule has 0 bridgehead atoms. The van der Waals surface area contributed by atoms with Crippen molar-refractivity contribution in [3.05, 3.63) is 119 Å². The summed E-state index contributed by atoms with van der Waals surface area (Å²) in [7, 11) is -3.78.